The molecule has 3 rings (SSSR count). The average Bonchev–Trinajstić information content (AvgIpc) is 2.71. The molecule has 0 aromatic heterocycles. The summed E-state index contributed by atoms with van der Waals surface area (Å²) >= 11 is 7.27. The molecular formula is C23H23Br2NO2. The number of hydrogen-bond donors (Lipinski definition) is 1. The normalized spacial score (nSPS) is 10.7. The van der Waals surface area contributed by atoms with E-state index in [1.54, 1.807) is 7.11 Å². The van der Waals surface area contributed by atoms with Gasteiger partial charge in [0.2, 0.25) is 0 Å². The Morgan fingerprint density at radius 3 is 2.25 bits per heavy atom. The largest absolute Gasteiger partial charge is 0.496 e. The summed E-state index contributed by atoms with van der Waals surface area (Å²) in [6, 6.07) is 22.5. The number of hydrogen-bond acceptors (Lipinski definition) is 3. The van der Waals surface area contributed by atoms with Crippen molar-refractivity contribution in [2.75, 3.05) is 13.7 Å². The zero-order chi connectivity index (χ0) is 19.8. The Balaban J connectivity index is 1.53. The van der Waals surface area contributed by atoms with Crippen LogP contribution in [0.25, 0.3) is 0 Å². The molecule has 0 atom stereocenters. The highest BCUT2D eigenvalue weighted by Gasteiger charge is 2.10. The third kappa shape index (κ3) is 5.84. The van der Waals surface area contributed by atoms with Crippen molar-refractivity contribution in [3.63, 3.8) is 0 Å². The van der Waals surface area contributed by atoms with E-state index in [2.05, 4.69) is 67.5 Å². The zero-order valence-corrected chi connectivity index (χ0v) is 18.9. The lowest BCUT2D eigenvalue weighted by atomic mass is 10.1. The SMILES string of the molecule is COc1ccccc1CCNCc1cc(Br)c(OCc2ccccc2)c(Br)c1. The standard InChI is InChI=1S/C23H23Br2NO2/c1-27-22-10-6-5-9-19(22)11-12-26-15-18-13-20(24)23(21(25)14-18)28-16-17-7-3-2-4-8-17/h2-10,13-14,26H,11-12,15-16H2,1H3. The number of para-hydroxylation sites is 1. The maximum atomic E-state index is 5.99. The topological polar surface area (TPSA) is 30.5 Å². The summed E-state index contributed by atoms with van der Waals surface area (Å²) in [5, 5.41) is 3.50. The maximum absolute atomic E-state index is 5.99. The fraction of sp³-hybridized carbons (Fsp3) is 0.217. The van der Waals surface area contributed by atoms with Crippen LogP contribution < -0.4 is 14.8 Å². The predicted octanol–water partition coefficient (Wildman–Crippen LogP) is 6.13. The third-order valence-corrected chi connectivity index (χ3v) is 5.55. The second-order valence-electron chi connectivity index (χ2n) is 6.40. The van der Waals surface area contributed by atoms with Crippen LogP contribution in [0.2, 0.25) is 0 Å². The number of methoxy groups -OCH3 is 1. The fourth-order valence-corrected chi connectivity index (χ4v) is 4.46. The van der Waals surface area contributed by atoms with Gasteiger partial charge >= 0.3 is 0 Å². The van der Waals surface area contributed by atoms with E-state index in [-0.39, 0.29) is 0 Å². The van der Waals surface area contributed by atoms with E-state index in [1.165, 1.54) is 11.1 Å². The number of ether oxygens (including phenoxy) is 2. The minimum absolute atomic E-state index is 0.536. The van der Waals surface area contributed by atoms with Crippen LogP contribution >= 0.6 is 31.9 Å². The summed E-state index contributed by atoms with van der Waals surface area (Å²) < 4.78 is 13.3. The summed E-state index contributed by atoms with van der Waals surface area (Å²) in [5.74, 6) is 1.76. The number of rotatable bonds is 9. The van der Waals surface area contributed by atoms with Gasteiger partial charge in [-0.2, -0.15) is 0 Å². The second kappa shape index (κ2) is 10.6. The highest BCUT2D eigenvalue weighted by Crippen LogP contribution is 2.35. The van der Waals surface area contributed by atoms with Crippen molar-refractivity contribution in [1.82, 2.24) is 5.32 Å². The summed E-state index contributed by atoms with van der Waals surface area (Å²) in [7, 11) is 1.71. The van der Waals surface area contributed by atoms with Gasteiger partial charge in [0.25, 0.3) is 0 Å². The van der Waals surface area contributed by atoms with Crippen LogP contribution in [0.1, 0.15) is 16.7 Å². The first-order valence-corrected chi connectivity index (χ1v) is 10.7. The fourth-order valence-electron chi connectivity index (χ4n) is 2.95. The van der Waals surface area contributed by atoms with Gasteiger partial charge in [0, 0.05) is 6.54 Å². The molecule has 0 aliphatic heterocycles. The lowest BCUT2D eigenvalue weighted by molar-refractivity contribution is 0.302. The molecule has 0 bridgehead atoms. The molecule has 3 aromatic carbocycles. The molecule has 0 radical (unpaired) electrons. The average molecular weight is 505 g/mol. The first kappa shape index (κ1) is 20.9. The van der Waals surface area contributed by atoms with E-state index >= 15 is 0 Å². The maximum Gasteiger partial charge on any atom is 0.148 e. The van der Waals surface area contributed by atoms with Crippen molar-refractivity contribution in [3.8, 4) is 11.5 Å². The Hall–Kier alpha value is -1.82. The molecule has 0 unspecified atom stereocenters. The molecular weight excluding hydrogens is 482 g/mol. The Kier molecular flexibility index (Phi) is 7.95. The van der Waals surface area contributed by atoms with Crippen LogP contribution in [-0.2, 0) is 19.6 Å². The van der Waals surface area contributed by atoms with Crippen molar-refractivity contribution in [1.29, 1.82) is 0 Å². The van der Waals surface area contributed by atoms with E-state index in [4.69, 9.17) is 9.47 Å². The molecule has 3 nitrogen and oxygen atoms in total. The van der Waals surface area contributed by atoms with Crippen molar-refractivity contribution in [2.24, 2.45) is 0 Å². The van der Waals surface area contributed by atoms with Gasteiger partial charge < -0.3 is 14.8 Å². The molecule has 5 heteroatoms. The highest BCUT2D eigenvalue weighted by atomic mass is 79.9. The summed E-state index contributed by atoms with van der Waals surface area (Å²) in [6.07, 6.45) is 0.921. The van der Waals surface area contributed by atoms with Crippen molar-refractivity contribution >= 4 is 31.9 Å². The van der Waals surface area contributed by atoms with Crippen LogP contribution in [0.4, 0.5) is 0 Å². The molecule has 0 spiro atoms. The smallest absolute Gasteiger partial charge is 0.148 e. The monoisotopic (exact) mass is 503 g/mol. The van der Waals surface area contributed by atoms with Gasteiger partial charge in [-0.3, -0.25) is 0 Å². The van der Waals surface area contributed by atoms with Gasteiger partial charge in [-0.05, 0) is 79.7 Å². The molecule has 0 aliphatic rings. The minimum atomic E-state index is 0.536. The molecule has 0 amide bonds. The van der Waals surface area contributed by atoms with Crippen LogP contribution in [0.15, 0.2) is 75.7 Å². The van der Waals surface area contributed by atoms with Crippen LogP contribution in [-0.4, -0.2) is 13.7 Å². The van der Waals surface area contributed by atoms with E-state index in [0.717, 1.165) is 45.5 Å². The second-order valence-corrected chi connectivity index (χ2v) is 8.11. The molecule has 1 N–H and O–H groups in total. The van der Waals surface area contributed by atoms with Gasteiger partial charge in [0.05, 0.1) is 16.1 Å². The van der Waals surface area contributed by atoms with Crippen LogP contribution in [0.5, 0.6) is 11.5 Å². The van der Waals surface area contributed by atoms with Gasteiger partial charge in [0.15, 0.2) is 0 Å². The lowest BCUT2D eigenvalue weighted by Gasteiger charge is -2.13. The number of halogens is 2. The van der Waals surface area contributed by atoms with Crippen LogP contribution in [0, 0.1) is 0 Å². The Labute approximate surface area is 183 Å². The lowest BCUT2D eigenvalue weighted by Crippen LogP contribution is -2.17. The highest BCUT2D eigenvalue weighted by molar-refractivity contribution is 9.11. The van der Waals surface area contributed by atoms with Crippen molar-refractivity contribution < 1.29 is 9.47 Å². The molecule has 0 fully saturated rings. The summed E-state index contributed by atoms with van der Waals surface area (Å²) in [4.78, 5) is 0. The molecule has 0 saturated heterocycles. The van der Waals surface area contributed by atoms with E-state index in [9.17, 15) is 0 Å². The zero-order valence-electron chi connectivity index (χ0n) is 15.8. The Morgan fingerprint density at radius 2 is 1.54 bits per heavy atom. The summed E-state index contributed by atoms with van der Waals surface area (Å²) in [5.41, 5.74) is 3.54. The molecule has 3 aromatic rings. The summed E-state index contributed by atoms with van der Waals surface area (Å²) in [6.45, 7) is 2.20. The Morgan fingerprint density at radius 1 is 0.857 bits per heavy atom. The van der Waals surface area contributed by atoms with Gasteiger partial charge in [-0.25, -0.2) is 0 Å². The molecule has 28 heavy (non-hydrogen) atoms. The van der Waals surface area contributed by atoms with Gasteiger partial charge in [-0.1, -0.05) is 48.5 Å². The molecule has 146 valence electrons. The Bertz CT molecular complexity index is 877. The van der Waals surface area contributed by atoms with E-state index < -0.39 is 0 Å². The number of benzene rings is 3. The van der Waals surface area contributed by atoms with Crippen molar-refractivity contribution in [2.45, 2.75) is 19.6 Å². The third-order valence-electron chi connectivity index (χ3n) is 4.38. The van der Waals surface area contributed by atoms with E-state index in [0.29, 0.717) is 6.61 Å². The first-order chi connectivity index (χ1) is 13.7. The van der Waals surface area contributed by atoms with Gasteiger partial charge in [0.1, 0.15) is 18.1 Å². The van der Waals surface area contributed by atoms with E-state index in [1.807, 2.05) is 36.4 Å². The predicted molar refractivity (Wildman–Crippen MR) is 121 cm³/mol. The quantitative estimate of drug-likeness (QED) is 0.355. The van der Waals surface area contributed by atoms with Gasteiger partial charge in [-0.15, -0.1) is 0 Å². The first-order valence-electron chi connectivity index (χ1n) is 9.14. The molecule has 0 aliphatic carbocycles. The number of nitrogens with one attached hydrogen (secondary N) is 1. The van der Waals surface area contributed by atoms with Crippen molar-refractivity contribution in [3.05, 3.63) is 92.4 Å². The van der Waals surface area contributed by atoms with Crippen LogP contribution in [0.3, 0.4) is 0 Å². The minimum Gasteiger partial charge on any atom is -0.496 e. The molecule has 0 heterocycles. The molecule has 0 saturated carbocycles.